The first-order valence-corrected chi connectivity index (χ1v) is 6.43. The lowest BCUT2D eigenvalue weighted by atomic mass is 10.1. The fourth-order valence-corrected chi connectivity index (χ4v) is 2.71. The van der Waals surface area contributed by atoms with E-state index in [1.807, 2.05) is 0 Å². The van der Waals surface area contributed by atoms with Gasteiger partial charge in [-0.05, 0) is 37.3 Å². The Balaban J connectivity index is 2.07. The van der Waals surface area contributed by atoms with Crippen LogP contribution < -0.4 is 5.32 Å². The molecule has 0 amide bonds. The number of thiophene rings is 1. The summed E-state index contributed by atoms with van der Waals surface area (Å²) >= 11 is 1.75. The van der Waals surface area contributed by atoms with E-state index in [1.165, 1.54) is 27.9 Å². The molecule has 0 fully saturated rings. The maximum Gasteiger partial charge on any atom is 0.0481 e. The summed E-state index contributed by atoms with van der Waals surface area (Å²) in [6.07, 6.45) is 0. The van der Waals surface area contributed by atoms with Gasteiger partial charge in [-0.25, -0.2) is 0 Å². The second kappa shape index (κ2) is 4.71. The Bertz CT molecular complexity index is 465. The van der Waals surface area contributed by atoms with Crippen LogP contribution in [0, 0.1) is 20.8 Å². The molecular weight excluding hydrogens is 214 g/mol. The minimum atomic E-state index is 0.903. The van der Waals surface area contributed by atoms with Crippen molar-refractivity contribution < 1.29 is 0 Å². The molecule has 0 saturated carbocycles. The van der Waals surface area contributed by atoms with Crippen molar-refractivity contribution in [2.75, 3.05) is 5.32 Å². The zero-order valence-corrected chi connectivity index (χ0v) is 10.8. The first-order valence-electron chi connectivity index (χ1n) is 5.49. The number of hydrogen-bond acceptors (Lipinski definition) is 2. The monoisotopic (exact) mass is 231 g/mol. The second-order valence-corrected chi connectivity index (χ2v) is 5.06. The van der Waals surface area contributed by atoms with Gasteiger partial charge in [-0.1, -0.05) is 29.3 Å². The molecule has 0 radical (unpaired) electrons. The highest BCUT2D eigenvalue weighted by Crippen LogP contribution is 2.20. The largest absolute Gasteiger partial charge is 0.380 e. The Morgan fingerprint density at radius 3 is 2.25 bits per heavy atom. The second-order valence-electron chi connectivity index (χ2n) is 4.32. The van der Waals surface area contributed by atoms with E-state index in [0.717, 1.165) is 6.54 Å². The van der Waals surface area contributed by atoms with Crippen molar-refractivity contribution in [2.45, 2.75) is 27.3 Å². The lowest BCUT2D eigenvalue weighted by molar-refractivity contribution is 1.13. The molecule has 2 aromatic rings. The smallest absolute Gasteiger partial charge is 0.0481 e. The molecule has 1 heterocycles. The van der Waals surface area contributed by atoms with Gasteiger partial charge in [0.1, 0.15) is 0 Å². The van der Waals surface area contributed by atoms with Crippen LogP contribution in [0.3, 0.4) is 0 Å². The molecule has 0 unspecified atom stereocenters. The number of hydrogen-bond donors (Lipinski definition) is 1. The van der Waals surface area contributed by atoms with E-state index in [-0.39, 0.29) is 0 Å². The standard InChI is InChI=1S/C14H17NS/c1-10-4-11(2)6-13(5-10)7-15-14-9-16-8-12(14)3/h4-6,8-9,15H,7H2,1-3H3. The fraction of sp³-hybridized carbons (Fsp3) is 0.286. The van der Waals surface area contributed by atoms with E-state index in [0.29, 0.717) is 0 Å². The SMILES string of the molecule is Cc1cc(C)cc(CNc2cscc2C)c1. The van der Waals surface area contributed by atoms with E-state index in [9.17, 15) is 0 Å². The highest BCUT2D eigenvalue weighted by Gasteiger charge is 1.99. The lowest BCUT2D eigenvalue weighted by Gasteiger charge is -2.08. The molecule has 0 atom stereocenters. The quantitative estimate of drug-likeness (QED) is 0.831. The van der Waals surface area contributed by atoms with Gasteiger partial charge in [-0.15, -0.1) is 11.3 Å². The summed E-state index contributed by atoms with van der Waals surface area (Å²) in [6, 6.07) is 6.68. The molecule has 1 N–H and O–H groups in total. The molecule has 0 aliphatic carbocycles. The molecule has 16 heavy (non-hydrogen) atoms. The summed E-state index contributed by atoms with van der Waals surface area (Å²) < 4.78 is 0. The van der Waals surface area contributed by atoms with E-state index in [1.54, 1.807) is 11.3 Å². The predicted molar refractivity (Wildman–Crippen MR) is 72.3 cm³/mol. The van der Waals surface area contributed by atoms with Gasteiger partial charge in [0, 0.05) is 17.6 Å². The first-order chi connectivity index (χ1) is 7.65. The van der Waals surface area contributed by atoms with Gasteiger partial charge >= 0.3 is 0 Å². The number of nitrogens with one attached hydrogen (secondary N) is 1. The molecule has 0 aliphatic heterocycles. The molecule has 2 rings (SSSR count). The summed E-state index contributed by atoms with van der Waals surface area (Å²) in [5.41, 5.74) is 6.60. The van der Waals surface area contributed by atoms with Gasteiger partial charge in [-0.3, -0.25) is 0 Å². The van der Waals surface area contributed by atoms with Gasteiger partial charge in [0.05, 0.1) is 0 Å². The van der Waals surface area contributed by atoms with Crippen molar-refractivity contribution in [1.82, 2.24) is 0 Å². The Morgan fingerprint density at radius 1 is 1.00 bits per heavy atom. The van der Waals surface area contributed by atoms with Crippen molar-refractivity contribution in [3.8, 4) is 0 Å². The molecule has 0 bridgehead atoms. The van der Waals surface area contributed by atoms with Crippen molar-refractivity contribution in [3.05, 3.63) is 51.2 Å². The molecule has 1 aromatic carbocycles. The van der Waals surface area contributed by atoms with Crippen molar-refractivity contribution >= 4 is 17.0 Å². The van der Waals surface area contributed by atoms with E-state index < -0.39 is 0 Å². The van der Waals surface area contributed by atoms with Gasteiger partial charge in [0.2, 0.25) is 0 Å². The number of aryl methyl sites for hydroxylation is 3. The van der Waals surface area contributed by atoms with Crippen LogP contribution in [0.4, 0.5) is 5.69 Å². The summed E-state index contributed by atoms with van der Waals surface area (Å²) in [7, 11) is 0. The van der Waals surface area contributed by atoms with Crippen LogP contribution in [0.2, 0.25) is 0 Å². The zero-order valence-electron chi connectivity index (χ0n) is 10.0. The van der Waals surface area contributed by atoms with E-state index in [4.69, 9.17) is 0 Å². The maximum atomic E-state index is 3.47. The van der Waals surface area contributed by atoms with Gasteiger partial charge in [0.15, 0.2) is 0 Å². The van der Waals surface area contributed by atoms with Crippen LogP contribution in [0.5, 0.6) is 0 Å². The third kappa shape index (κ3) is 2.64. The van der Waals surface area contributed by atoms with Crippen molar-refractivity contribution in [2.24, 2.45) is 0 Å². The molecule has 1 nitrogen and oxygen atoms in total. The normalized spacial score (nSPS) is 10.4. The highest BCUT2D eigenvalue weighted by molar-refractivity contribution is 7.08. The van der Waals surface area contributed by atoms with Gasteiger partial charge in [0.25, 0.3) is 0 Å². The fourth-order valence-electron chi connectivity index (χ4n) is 1.91. The van der Waals surface area contributed by atoms with E-state index in [2.05, 4.69) is 55.0 Å². The van der Waals surface area contributed by atoms with Crippen molar-refractivity contribution in [1.29, 1.82) is 0 Å². The summed E-state index contributed by atoms with van der Waals surface area (Å²) in [5.74, 6) is 0. The average Bonchev–Trinajstić information content (AvgIpc) is 2.59. The molecule has 2 heteroatoms. The third-order valence-electron chi connectivity index (χ3n) is 2.62. The Hall–Kier alpha value is -1.28. The van der Waals surface area contributed by atoms with Gasteiger partial charge < -0.3 is 5.32 Å². The zero-order chi connectivity index (χ0) is 11.5. The van der Waals surface area contributed by atoms with Crippen LogP contribution in [-0.4, -0.2) is 0 Å². The van der Waals surface area contributed by atoms with Crippen LogP contribution >= 0.6 is 11.3 Å². The first kappa shape index (κ1) is 11.2. The average molecular weight is 231 g/mol. The minimum Gasteiger partial charge on any atom is -0.380 e. The Labute approximate surface area is 101 Å². The predicted octanol–water partition coefficient (Wildman–Crippen LogP) is 4.29. The summed E-state index contributed by atoms with van der Waals surface area (Å²) in [6.45, 7) is 7.33. The van der Waals surface area contributed by atoms with Crippen LogP contribution in [-0.2, 0) is 6.54 Å². The van der Waals surface area contributed by atoms with Crippen molar-refractivity contribution in [3.63, 3.8) is 0 Å². The van der Waals surface area contributed by atoms with E-state index >= 15 is 0 Å². The molecule has 0 aliphatic rings. The summed E-state index contributed by atoms with van der Waals surface area (Å²) in [5, 5.41) is 7.81. The lowest BCUT2D eigenvalue weighted by Crippen LogP contribution is -2.00. The van der Waals surface area contributed by atoms with Crippen LogP contribution in [0.15, 0.2) is 29.0 Å². The maximum absolute atomic E-state index is 3.47. The molecule has 0 saturated heterocycles. The molecular formula is C14H17NS. The Kier molecular flexibility index (Phi) is 3.30. The molecule has 1 aromatic heterocycles. The number of benzene rings is 1. The van der Waals surface area contributed by atoms with Gasteiger partial charge in [-0.2, -0.15) is 0 Å². The third-order valence-corrected chi connectivity index (χ3v) is 3.48. The minimum absolute atomic E-state index is 0.903. The number of anilines is 1. The number of rotatable bonds is 3. The van der Waals surface area contributed by atoms with Crippen LogP contribution in [0.25, 0.3) is 0 Å². The summed E-state index contributed by atoms with van der Waals surface area (Å²) in [4.78, 5) is 0. The van der Waals surface area contributed by atoms with Crippen LogP contribution in [0.1, 0.15) is 22.3 Å². The molecule has 84 valence electrons. The Morgan fingerprint density at radius 2 is 1.69 bits per heavy atom. The topological polar surface area (TPSA) is 12.0 Å². The highest BCUT2D eigenvalue weighted by atomic mass is 32.1. The molecule has 0 spiro atoms.